The van der Waals surface area contributed by atoms with E-state index >= 15 is 0 Å². The second kappa shape index (κ2) is 5.50. The van der Waals surface area contributed by atoms with Crippen LogP contribution in [0.15, 0.2) is 0 Å². The van der Waals surface area contributed by atoms with E-state index in [2.05, 4.69) is 6.92 Å². The highest BCUT2D eigenvalue weighted by atomic mass is 32.2. The third-order valence-corrected chi connectivity index (χ3v) is 3.32. The van der Waals surface area contributed by atoms with E-state index in [-0.39, 0.29) is 5.91 Å². The number of thioether (sulfide) groups is 1. The van der Waals surface area contributed by atoms with Gasteiger partial charge in [0, 0.05) is 30.5 Å². The van der Waals surface area contributed by atoms with E-state index in [1.165, 1.54) is 0 Å². The van der Waals surface area contributed by atoms with Gasteiger partial charge in [-0.15, -0.1) is 0 Å². The Morgan fingerprint density at radius 2 is 2.46 bits per heavy atom. The van der Waals surface area contributed by atoms with Crippen LogP contribution in [-0.2, 0) is 4.79 Å². The van der Waals surface area contributed by atoms with Crippen molar-refractivity contribution in [1.82, 2.24) is 4.90 Å². The molecule has 0 aromatic carbocycles. The molecule has 0 saturated carbocycles. The van der Waals surface area contributed by atoms with Gasteiger partial charge in [0.2, 0.25) is 5.91 Å². The van der Waals surface area contributed by atoms with Gasteiger partial charge >= 0.3 is 0 Å². The van der Waals surface area contributed by atoms with Crippen LogP contribution in [0.5, 0.6) is 0 Å². The molecule has 2 N–H and O–H groups in total. The number of hydrogen-bond acceptors (Lipinski definition) is 3. The van der Waals surface area contributed by atoms with Crippen molar-refractivity contribution in [3.63, 3.8) is 0 Å². The zero-order valence-corrected chi connectivity index (χ0v) is 8.98. The van der Waals surface area contributed by atoms with Gasteiger partial charge in [-0.25, -0.2) is 0 Å². The molecule has 0 bridgehead atoms. The van der Waals surface area contributed by atoms with Gasteiger partial charge in [0.15, 0.2) is 0 Å². The summed E-state index contributed by atoms with van der Waals surface area (Å²) in [6.45, 7) is 4.61. The normalized spacial score (nSPS) is 23.2. The molecule has 1 aliphatic rings. The monoisotopic (exact) mass is 202 g/mol. The Morgan fingerprint density at radius 1 is 1.69 bits per heavy atom. The predicted molar refractivity (Wildman–Crippen MR) is 56.8 cm³/mol. The quantitative estimate of drug-likeness (QED) is 0.732. The molecule has 3 nitrogen and oxygen atoms in total. The van der Waals surface area contributed by atoms with Crippen LogP contribution in [0.25, 0.3) is 0 Å². The standard InChI is InChI=1S/C9H18N2OS/c1-8-7-11(5-6-13-8)9(12)3-2-4-10/h8H,2-7,10H2,1H3/t8-/m1/s1. The fourth-order valence-corrected chi connectivity index (χ4v) is 2.47. The van der Waals surface area contributed by atoms with E-state index in [9.17, 15) is 4.79 Å². The molecule has 1 fully saturated rings. The zero-order valence-electron chi connectivity index (χ0n) is 8.16. The number of carbonyl (C=O) groups is 1. The van der Waals surface area contributed by atoms with Crippen molar-refractivity contribution < 1.29 is 4.79 Å². The SMILES string of the molecule is C[C@@H]1CN(C(=O)CCCN)CCS1. The zero-order chi connectivity index (χ0) is 9.68. The van der Waals surface area contributed by atoms with Gasteiger partial charge in [0.1, 0.15) is 0 Å². The van der Waals surface area contributed by atoms with Crippen LogP contribution in [-0.4, -0.2) is 41.4 Å². The molecule has 0 aromatic rings. The molecule has 1 amide bonds. The van der Waals surface area contributed by atoms with Crippen molar-refractivity contribution in [2.75, 3.05) is 25.4 Å². The average molecular weight is 202 g/mol. The number of carbonyl (C=O) groups excluding carboxylic acids is 1. The lowest BCUT2D eigenvalue weighted by Crippen LogP contribution is -2.41. The maximum absolute atomic E-state index is 11.6. The van der Waals surface area contributed by atoms with Gasteiger partial charge < -0.3 is 10.6 Å². The van der Waals surface area contributed by atoms with E-state index in [1.807, 2.05) is 16.7 Å². The number of nitrogens with two attached hydrogens (primary N) is 1. The molecule has 0 aromatic heterocycles. The number of amides is 1. The molecule has 76 valence electrons. The third kappa shape index (κ3) is 3.56. The lowest BCUT2D eigenvalue weighted by Gasteiger charge is -2.30. The Hall–Kier alpha value is -0.220. The van der Waals surface area contributed by atoms with Gasteiger partial charge in [-0.2, -0.15) is 11.8 Å². The number of hydrogen-bond donors (Lipinski definition) is 1. The Labute approximate surface area is 84.0 Å². The van der Waals surface area contributed by atoms with Gasteiger partial charge in [-0.1, -0.05) is 6.92 Å². The fraction of sp³-hybridized carbons (Fsp3) is 0.889. The summed E-state index contributed by atoms with van der Waals surface area (Å²) in [5, 5.41) is 0.593. The molecule has 0 radical (unpaired) electrons. The first-order valence-electron chi connectivity index (χ1n) is 4.83. The van der Waals surface area contributed by atoms with Crippen molar-refractivity contribution >= 4 is 17.7 Å². The molecule has 0 aliphatic carbocycles. The van der Waals surface area contributed by atoms with E-state index in [1.54, 1.807) is 0 Å². The van der Waals surface area contributed by atoms with E-state index in [4.69, 9.17) is 5.73 Å². The van der Waals surface area contributed by atoms with Crippen molar-refractivity contribution in [3.05, 3.63) is 0 Å². The topological polar surface area (TPSA) is 46.3 Å². The van der Waals surface area contributed by atoms with E-state index in [0.29, 0.717) is 18.2 Å². The summed E-state index contributed by atoms with van der Waals surface area (Å²) in [7, 11) is 0. The minimum Gasteiger partial charge on any atom is -0.341 e. The van der Waals surface area contributed by atoms with Crippen LogP contribution in [0.2, 0.25) is 0 Å². The van der Waals surface area contributed by atoms with E-state index < -0.39 is 0 Å². The molecule has 1 heterocycles. The molecule has 4 heteroatoms. The molecular formula is C9H18N2OS. The Balaban J connectivity index is 2.28. The molecule has 1 rings (SSSR count). The number of nitrogens with zero attached hydrogens (tertiary/aromatic N) is 1. The molecule has 1 saturated heterocycles. The highest BCUT2D eigenvalue weighted by Gasteiger charge is 2.20. The minimum atomic E-state index is 0.276. The van der Waals surface area contributed by atoms with Crippen molar-refractivity contribution in [3.8, 4) is 0 Å². The molecule has 0 unspecified atom stereocenters. The van der Waals surface area contributed by atoms with Crippen LogP contribution in [0, 0.1) is 0 Å². The average Bonchev–Trinajstić information content (AvgIpc) is 2.14. The van der Waals surface area contributed by atoms with E-state index in [0.717, 1.165) is 25.3 Å². The minimum absolute atomic E-state index is 0.276. The summed E-state index contributed by atoms with van der Waals surface area (Å²) in [5.74, 6) is 1.35. The lowest BCUT2D eigenvalue weighted by atomic mass is 10.2. The van der Waals surface area contributed by atoms with Crippen molar-refractivity contribution in [2.45, 2.75) is 25.0 Å². The van der Waals surface area contributed by atoms with Crippen molar-refractivity contribution in [2.24, 2.45) is 5.73 Å². The van der Waals surface area contributed by atoms with Crippen LogP contribution in [0.1, 0.15) is 19.8 Å². The molecule has 1 aliphatic heterocycles. The first-order valence-corrected chi connectivity index (χ1v) is 5.88. The van der Waals surface area contributed by atoms with Gasteiger partial charge in [0.25, 0.3) is 0 Å². The van der Waals surface area contributed by atoms with Crippen LogP contribution in [0.3, 0.4) is 0 Å². The van der Waals surface area contributed by atoms with Gasteiger partial charge in [-0.3, -0.25) is 4.79 Å². The highest BCUT2D eigenvalue weighted by Crippen LogP contribution is 2.18. The molecule has 13 heavy (non-hydrogen) atoms. The molecule has 0 spiro atoms. The first kappa shape index (κ1) is 10.9. The van der Waals surface area contributed by atoms with Crippen LogP contribution < -0.4 is 5.73 Å². The maximum Gasteiger partial charge on any atom is 0.222 e. The first-order chi connectivity index (χ1) is 6.24. The Bertz CT molecular complexity index is 175. The smallest absolute Gasteiger partial charge is 0.222 e. The predicted octanol–water partition coefficient (Wildman–Crippen LogP) is 0.689. The molecular weight excluding hydrogens is 184 g/mol. The summed E-state index contributed by atoms with van der Waals surface area (Å²) < 4.78 is 0. The summed E-state index contributed by atoms with van der Waals surface area (Å²) in [6, 6.07) is 0. The summed E-state index contributed by atoms with van der Waals surface area (Å²) in [4.78, 5) is 13.5. The lowest BCUT2D eigenvalue weighted by molar-refractivity contribution is -0.131. The number of rotatable bonds is 3. The molecule has 1 atom stereocenters. The second-order valence-corrected chi connectivity index (χ2v) is 4.96. The van der Waals surface area contributed by atoms with Crippen molar-refractivity contribution in [1.29, 1.82) is 0 Å². The fourth-order valence-electron chi connectivity index (χ4n) is 1.46. The van der Waals surface area contributed by atoms with Crippen LogP contribution >= 0.6 is 11.8 Å². The third-order valence-electron chi connectivity index (χ3n) is 2.19. The summed E-state index contributed by atoms with van der Waals surface area (Å²) in [5.41, 5.74) is 5.36. The van der Waals surface area contributed by atoms with Crippen LogP contribution in [0.4, 0.5) is 0 Å². The Kier molecular flexibility index (Phi) is 4.59. The van der Waals surface area contributed by atoms with Gasteiger partial charge in [-0.05, 0) is 13.0 Å². The Morgan fingerprint density at radius 3 is 3.08 bits per heavy atom. The summed E-state index contributed by atoms with van der Waals surface area (Å²) in [6.07, 6.45) is 1.44. The largest absolute Gasteiger partial charge is 0.341 e. The summed E-state index contributed by atoms with van der Waals surface area (Å²) >= 11 is 1.94. The highest BCUT2D eigenvalue weighted by molar-refractivity contribution is 7.99. The second-order valence-electron chi connectivity index (χ2n) is 3.41. The maximum atomic E-state index is 11.6. The van der Waals surface area contributed by atoms with Gasteiger partial charge in [0.05, 0.1) is 0 Å².